The topological polar surface area (TPSA) is 44.1 Å². The van der Waals surface area contributed by atoms with Gasteiger partial charge < -0.3 is 4.74 Å². The molecule has 0 amide bonds. The number of rotatable bonds is 5. The average Bonchev–Trinajstić information content (AvgIpc) is 2.82. The molecule has 1 aromatic heterocycles. The lowest BCUT2D eigenvalue weighted by Crippen LogP contribution is -2.22. The van der Waals surface area contributed by atoms with Crippen LogP contribution in [0.25, 0.3) is 0 Å². The predicted molar refractivity (Wildman–Crippen MR) is 64.2 cm³/mol. The van der Waals surface area contributed by atoms with Gasteiger partial charge in [-0.05, 0) is 24.8 Å². The summed E-state index contributed by atoms with van der Waals surface area (Å²) in [5.41, 5.74) is 0. The van der Waals surface area contributed by atoms with Crippen molar-refractivity contribution in [1.82, 2.24) is 9.78 Å². The summed E-state index contributed by atoms with van der Waals surface area (Å²) in [6.07, 6.45) is 9.52. The molecule has 2 unspecified atom stereocenters. The first kappa shape index (κ1) is 11.9. The third-order valence-corrected chi connectivity index (χ3v) is 3.06. The quantitative estimate of drug-likeness (QED) is 0.578. The van der Waals surface area contributed by atoms with Crippen LogP contribution in [0.5, 0.6) is 0 Å². The van der Waals surface area contributed by atoms with E-state index in [2.05, 4.69) is 12.0 Å². The Kier molecular flexibility index (Phi) is 3.96. The first-order chi connectivity index (χ1) is 8.25. The minimum absolute atomic E-state index is 0.0589. The van der Waals surface area contributed by atoms with Gasteiger partial charge in [-0.15, -0.1) is 0 Å². The second kappa shape index (κ2) is 5.66. The van der Waals surface area contributed by atoms with Crippen LogP contribution in [-0.2, 0) is 16.1 Å². The van der Waals surface area contributed by atoms with E-state index in [9.17, 15) is 4.79 Å². The summed E-state index contributed by atoms with van der Waals surface area (Å²) in [5.74, 6) is 0.342. The summed E-state index contributed by atoms with van der Waals surface area (Å²) in [5, 5.41) is 4.16. The number of hydrogen-bond acceptors (Lipinski definition) is 3. The van der Waals surface area contributed by atoms with Crippen LogP contribution in [0.4, 0.5) is 0 Å². The van der Waals surface area contributed by atoms with E-state index >= 15 is 0 Å². The Morgan fingerprint density at radius 3 is 3.24 bits per heavy atom. The number of hydrogen-bond donors (Lipinski definition) is 0. The number of cyclic esters (lactones) is 1. The zero-order chi connectivity index (χ0) is 12.1. The molecule has 0 saturated carbocycles. The van der Waals surface area contributed by atoms with Crippen molar-refractivity contribution in [1.29, 1.82) is 0 Å². The highest BCUT2D eigenvalue weighted by molar-refractivity contribution is 5.75. The number of carbonyl (C=O) groups excluding carboxylic acids is 1. The van der Waals surface area contributed by atoms with Crippen molar-refractivity contribution in [2.45, 2.75) is 26.3 Å². The molecular weight excluding hydrogens is 216 g/mol. The van der Waals surface area contributed by atoms with Crippen molar-refractivity contribution in [3.05, 3.63) is 30.6 Å². The molecule has 0 aliphatic carbocycles. The van der Waals surface area contributed by atoms with Gasteiger partial charge in [0, 0.05) is 18.9 Å². The zero-order valence-electron chi connectivity index (χ0n) is 10.1. The van der Waals surface area contributed by atoms with Crippen LogP contribution >= 0.6 is 0 Å². The Labute approximate surface area is 101 Å². The van der Waals surface area contributed by atoms with E-state index in [-0.39, 0.29) is 11.9 Å². The van der Waals surface area contributed by atoms with Crippen molar-refractivity contribution in [2.24, 2.45) is 11.8 Å². The maximum atomic E-state index is 11.5. The van der Waals surface area contributed by atoms with Crippen molar-refractivity contribution >= 4 is 5.97 Å². The molecule has 2 atom stereocenters. The Bertz CT molecular complexity index is 384. The fourth-order valence-corrected chi connectivity index (χ4v) is 2.05. The van der Waals surface area contributed by atoms with E-state index in [1.807, 2.05) is 29.1 Å². The van der Waals surface area contributed by atoms with Gasteiger partial charge in [0.25, 0.3) is 0 Å². The van der Waals surface area contributed by atoms with Gasteiger partial charge in [-0.2, -0.15) is 5.10 Å². The monoisotopic (exact) mass is 234 g/mol. The Hall–Kier alpha value is -1.58. The predicted octanol–water partition coefficient (Wildman–Crippen LogP) is 2.03. The average molecular weight is 234 g/mol. The fourth-order valence-electron chi connectivity index (χ4n) is 2.05. The van der Waals surface area contributed by atoms with Crippen molar-refractivity contribution in [3.8, 4) is 0 Å². The molecule has 0 fully saturated rings. The maximum absolute atomic E-state index is 11.5. The van der Waals surface area contributed by atoms with Gasteiger partial charge in [0.05, 0.1) is 5.92 Å². The zero-order valence-corrected chi connectivity index (χ0v) is 10.1. The molecule has 1 aliphatic rings. The van der Waals surface area contributed by atoms with E-state index in [0.29, 0.717) is 12.5 Å². The molecule has 1 aliphatic heterocycles. The van der Waals surface area contributed by atoms with E-state index in [1.165, 1.54) is 0 Å². The van der Waals surface area contributed by atoms with Crippen LogP contribution in [0.3, 0.4) is 0 Å². The van der Waals surface area contributed by atoms with E-state index < -0.39 is 0 Å². The van der Waals surface area contributed by atoms with Gasteiger partial charge >= 0.3 is 5.97 Å². The number of esters is 1. The summed E-state index contributed by atoms with van der Waals surface area (Å²) in [6, 6.07) is 1.92. The molecule has 1 aromatic rings. The van der Waals surface area contributed by atoms with E-state index in [0.717, 1.165) is 19.4 Å². The lowest BCUT2D eigenvalue weighted by Gasteiger charge is -2.19. The second-order valence-electron chi connectivity index (χ2n) is 4.56. The Morgan fingerprint density at radius 2 is 2.53 bits per heavy atom. The Morgan fingerprint density at radius 1 is 1.65 bits per heavy atom. The standard InChI is InChI=1S/C13H18N2O2/c1-11(5-8-15-7-3-6-14-15)10-12-4-2-9-17-13(12)16/h2-4,6-7,11-12H,5,8-10H2,1H3. The number of nitrogens with zero attached hydrogens (tertiary/aromatic N) is 2. The van der Waals surface area contributed by atoms with Crippen LogP contribution in [0, 0.1) is 11.8 Å². The molecule has 17 heavy (non-hydrogen) atoms. The van der Waals surface area contributed by atoms with Crippen LogP contribution < -0.4 is 0 Å². The highest BCUT2D eigenvalue weighted by Crippen LogP contribution is 2.20. The maximum Gasteiger partial charge on any atom is 0.313 e. The summed E-state index contributed by atoms with van der Waals surface area (Å²) < 4.78 is 6.92. The number of aryl methyl sites for hydroxylation is 1. The van der Waals surface area contributed by atoms with Gasteiger partial charge in [0.2, 0.25) is 0 Å². The molecule has 0 saturated heterocycles. The van der Waals surface area contributed by atoms with Crippen LogP contribution in [0.1, 0.15) is 19.8 Å². The van der Waals surface area contributed by atoms with Gasteiger partial charge in [-0.3, -0.25) is 9.48 Å². The first-order valence-electron chi connectivity index (χ1n) is 6.06. The summed E-state index contributed by atoms with van der Waals surface area (Å²) in [4.78, 5) is 11.5. The highest BCUT2D eigenvalue weighted by Gasteiger charge is 2.21. The molecule has 2 heterocycles. The number of carbonyl (C=O) groups is 1. The minimum atomic E-state index is -0.0848. The molecule has 4 heteroatoms. The lowest BCUT2D eigenvalue weighted by molar-refractivity contribution is -0.147. The molecule has 0 N–H and O–H groups in total. The molecule has 0 radical (unpaired) electrons. The third kappa shape index (κ3) is 3.44. The molecular formula is C13H18N2O2. The molecule has 4 nitrogen and oxygen atoms in total. The van der Waals surface area contributed by atoms with Crippen molar-refractivity contribution in [3.63, 3.8) is 0 Å². The SMILES string of the molecule is CC(CCn1cccn1)CC1C=CCOC1=O. The van der Waals surface area contributed by atoms with Gasteiger partial charge in [0.1, 0.15) is 6.61 Å². The lowest BCUT2D eigenvalue weighted by atomic mass is 9.92. The van der Waals surface area contributed by atoms with Gasteiger partial charge in [-0.1, -0.05) is 19.1 Å². The van der Waals surface area contributed by atoms with Crippen molar-refractivity contribution < 1.29 is 9.53 Å². The number of aromatic nitrogens is 2. The van der Waals surface area contributed by atoms with Crippen LogP contribution in [0.15, 0.2) is 30.6 Å². The molecule has 2 rings (SSSR count). The molecule has 0 aromatic carbocycles. The Balaban J connectivity index is 1.76. The molecule has 0 spiro atoms. The third-order valence-electron chi connectivity index (χ3n) is 3.06. The van der Waals surface area contributed by atoms with E-state index in [1.54, 1.807) is 6.20 Å². The summed E-state index contributed by atoms with van der Waals surface area (Å²) >= 11 is 0. The molecule has 0 bridgehead atoms. The van der Waals surface area contributed by atoms with Gasteiger partial charge in [0.15, 0.2) is 0 Å². The summed E-state index contributed by atoms with van der Waals surface area (Å²) in [6.45, 7) is 3.50. The molecule has 92 valence electrons. The first-order valence-corrected chi connectivity index (χ1v) is 6.06. The number of ether oxygens (including phenoxy) is 1. The summed E-state index contributed by atoms with van der Waals surface area (Å²) in [7, 11) is 0. The van der Waals surface area contributed by atoms with Crippen molar-refractivity contribution in [2.75, 3.05) is 6.61 Å². The minimum Gasteiger partial charge on any atom is -0.461 e. The largest absolute Gasteiger partial charge is 0.461 e. The second-order valence-corrected chi connectivity index (χ2v) is 4.56. The fraction of sp³-hybridized carbons (Fsp3) is 0.538. The van der Waals surface area contributed by atoms with Gasteiger partial charge in [-0.25, -0.2) is 0 Å². The van der Waals surface area contributed by atoms with Crippen LogP contribution in [-0.4, -0.2) is 22.4 Å². The van der Waals surface area contributed by atoms with Crippen LogP contribution in [0.2, 0.25) is 0 Å². The van der Waals surface area contributed by atoms with E-state index in [4.69, 9.17) is 4.74 Å². The highest BCUT2D eigenvalue weighted by atomic mass is 16.5. The smallest absolute Gasteiger partial charge is 0.313 e. The normalized spacial score (nSPS) is 21.2.